The third-order valence-corrected chi connectivity index (χ3v) is 8.34. The molecule has 0 radical (unpaired) electrons. The lowest BCUT2D eigenvalue weighted by Crippen LogP contribution is -2.46. The third-order valence-electron chi connectivity index (χ3n) is 7.45. The molecule has 1 aliphatic heterocycles. The normalized spacial score (nSPS) is 15.1. The summed E-state index contributed by atoms with van der Waals surface area (Å²) < 4.78 is 8.46. The van der Waals surface area contributed by atoms with Crippen LogP contribution in [0, 0.1) is 5.92 Å². The van der Waals surface area contributed by atoms with Crippen LogP contribution in [-0.2, 0) is 4.79 Å². The van der Waals surface area contributed by atoms with E-state index >= 15 is 0 Å². The molecule has 0 amide bonds. The number of carbonyl (C=O) groups is 1. The molecule has 2 aromatic carbocycles. The molecular formula is C31H37N3O4S. The first-order valence-electron chi connectivity index (χ1n) is 14.0. The molecule has 8 heteroatoms. The molecule has 0 N–H and O–H groups in total. The molecule has 1 fully saturated rings. The van der Waals surface area contributed by atoms with E-state index in [4.69, 9.17) is 9.57 Å². The van der Waals surface area contributed by atoms with Crippen LogP contribution in [0.5, 0.6) is 5.75 Å². The van der Waals surface area contributed by atoms with Crippen LogP contribution in [-0.4, -0.2) is 54.9 Å². The van der Waals surface area contributed by atoms with E-state index in [2.05, 4.69) is 39.4 Å². The second kappa shape index (κ2) is 12.7. The quantitative estimate of drug-likeness (QED) is 0.228. The number of pyridine rings is 1. The van der Waals surface area contributed by atoms with Gasteiger partial charge in [-0.1, -0.05) is 26.3 Å². The molecule has 206 valence electrons. The molecule has 3 heterocycles. The number of carbonyl (C=O) groups excluding carboxylic acids is 1. The van der Waals surface area contributed by atoms with Gasteiger partial charge in [0.25, 0.3) is 5.56 Å². The average Bonchev–Trinajstić information content (AvgIpc) is 3.44. The number of anilines is 1. The summed E-state index contributed by atoms with van der Waals surface area (Å²) in [5, 5.41) is 4.35. The highest BCUT2D eigenvalue weighted by molar-refractivity contribution is 7.17. The fourth-order valence-corrected chi connectivity index (χ4v) is 6.00. The lowest BCUT2D eigenvalue weighted by Gasteiger charge is -2.36. The molecule has 1 aliphatic rings. The third kappa shape index (κ3) is 6.45. The van der Waals surface area contributed by atoms with E-state index in [0.29, 0.717) is 24.3 Å². The van der Waals surface area contributed by atoms with E-state index in [1.54, 1.807) is 23.5 Å². The maximum absolute atomic E-state index is 12.5. The van der Waals surface area contributed by atoms with Gasteiger partial charge in [-0.2, -0.15) is 0 Å². The summed E-state index contributed by atoms with van der Waals surface area (Å²) in [6.07, 6.45) is 3.60. The van der Waals surface area contributed by atoms with Gasteiger partial charge in [0.05, 0.1) is 18.0 Å². The SMILES string of the molecule is CCCC(C)C(=O)On1c(=O)ccc2ccc(OCCCCN3CCN(c4cccc5sccc45)CC3)cc21. The number of piperazine rings is 1. The van der Waals surface area contributed by atoms with Crippen molar-refractivity contribution in [2.75, 3.05) is 44.2 Å². The van der Waals surface area contributed by atoms with E-state index < -0.39 is 5.97 Å². The molecule has 4 aromatic rings. The van der Waals surface area contributed by atoms with Gasteiger partial charge in [0.1, 0.15) is 5.75 Å². The Morgan fingerprint density at radius 2 is 1.85 bits per heavy atom. The monoisotopic (exact) mass is 547 g/mol. The second-order valence-corrected chi connectivity index (χ2v) is 11.2. The minimum absolute atomic E-state index is 0.269. The lowest BCUT2D eigenvalue weighted by molar-refractivity contribution is -0.148. The smallest absolute Gasteiger partial charge is 0.335 e. The van der Waals surface area contributed by atoms with Crippen LogP contribution in [0.1, 0.15) is 39.5 Å². The minimum Gasteiger partial charge on any atom is -0.494 e. The van der Waals surface area contributed by atoms with Crippen molar-refractivity contribution in [3.63, 3.8) is 0 Å². The van der Waals surface area contributed by atoms with Gasteiger partial charge < -0.3 is 14.5 Å². The van der Waals surface area contributed by atoms with Crippen molar-refractivity contribution in [3.8, 4) is 5.75 Å². The number of rotatable bonds is 11. The van der Waals surface area contributed by atoms with Crippen LogP contribution < -0.4 is 20.0 Å². The summed E-state index contributed by atoms with van der Waals surface area (Å²) in [5.41, 5.74) is 1.52. The zero-order chi connectivity index (χ0) is 27.2. The van der Waals surface area contributed by atoms with Crippen LogP contribution in [0.4, 0.5) is 5.69 Å². The Morgan fingerprint density at radius 1 is 1.03 bits per heavy atom. The van der Waals surface area contributed by atoms with Crippen molar-refractivity contribution < 1.29 is 14.4 Å². The summed E-state index contributed by atoms with van der Waals surface area (Å²) in [6.45, 7) is 9.72. The lowest BCUT2D eigenvalue weighted by atomic mass is 10.1. The Balaban J connectivity index is 1.10. The summed E-state index contributed by atoms with van der Waals surface area (Å²) in [6, 6.07) is 17.6. The largest absolute Gasteiger partial charge is 0.494 e. The zero-order valence-electron chi connectivity index (χ0n) is 22.8. The molecule has 5 rings (SSSR count). The van der Waals surface area contributed by atoms with Crippen molar-refractivity contribution >= 4 is 44.0 Å². The second-order valence-electron chi connectivity index (χ2n) is 10.3. The van der Waals surface area contributed by atoms with Gasteiger partial charge in [-0.25, -0.2) is 4.79 Å². The first-order chi connectivity index (χ1) is 19.0. The average molecular weight is 548 g/mol. The Hall–Kier alpha value is -3.36. The fraction of sp³-hybridized carbons (Fsp3) is 0.419. The molecule has 1 unspecified atom stereocenters. The molecule has 7 nitrogen and oxygen atoms in total. The number of hydrogen-bond donors (Lipinski definition) is 0. The van der Waals surface area contributed by atoms with Crippen LogP contribution in [0.15, 0.2) is 64.8 Å². The highest BCUT2D eigenvalue weighted by Gasteiger charge is 2.19. The fourth-order valence-electron chi connectivity index (χ4n) is 5.20. The molecule has 0 aliphatic carbocycles. The molecule has 39 heavy (non-hydrogen) atoms. The Labute approximate surface area is 233 Å². The van der Waals surface area contributed by atoms with E-state index in [-0.39, 0.29) is 11.5 Å². The topological polar surface area (TPSA) is 64.0 Å². The Kier molecular flexibility index (Phi) is 8.84. The molecular weight excluding hydrogens is 510 g/mol. The van der Waals surface area contributed by atoms with E-state index in [0.717, 1.165) is 62.1 Å². The Bertz CT molecular complexity index is 1470. The number of ether oxygens (including phenoxy) is 1. The highest BCUT2D eigenvalue weighted by Crippen LogP contribution is 2.31. The molecule has 2 aromatic heterocycles. The predicted octanol–water partition coefficient (Wildman–Crippen LogP) is 5.59. The van der Waals surface area contributed by atoms with Crippen LogP contribution in [0.2, 0.25) is 0 Å². The van der Waals surface area contributed by atoms with Gasteiger partial charge in [0.15, 0.2) is 0 Å². The predicted molar refractivity (Wildman–Crippen MR) is 159 cm³/mol. The number of benzene rings is 2. The molecule has 1 atom stereocenters. The summed E-state index contributed by atoms with van der Waals surface area (Å²) in [4.78, 5) is 35.5. The van der Waals surface area contributed by atoms with E-state index in [1.807, 2.05) is 26.0 Å². The van der Waals surface area contributed by atoms with E-state index in [9.17, 15) is 9.59 Å². The summed E-state index contributed by atoms with van der Waals surface area (Å²) >= 11 is 1.80. The maximum Gasteiger partial charge on any atom is 0.335 e. The molecule has 1 saturated heterocycles. The minimum atomic E-state index is -0.401. The van der Waals surface area contributed by atoms with Gasteiger partial charge in [0.2, 0.25) is 0 Å². The number of nitrogens with zero attached hydrogens (tertiary/aromatic N) is 3. The van der Waals surface area contributed by atoms with Crippen LogP contribution >= 0.6 is 11.3 Å². The number of fused-ring (bicyclic) bond motifs is 2. The van der Waals surface area contributed by atoms with Crippen molar-refractivity contribution in [1.29, 1.82) is 0 Å². The van der Waals surface area contributed by atoms with Crippen molar-refractivity contribution in [2.45, 2.75) is 39.5 Å². The first kappa shape index (κ1) is 27.2. The van der Waals surface area contributed by atoms with Crippen molar-refractivity contribution in [2.24, 2.45) is 5.92 Å². The number of hydrogen-bond acceptors (Lipinski definition) is 7. The number of aromatic nitrogens is 1. The van der Waals surface area contributed by atoms with Crippen molar-refractivity contribution in [3.05, 3.63) is 70.3 Å². The Morgan fingerprint density at radius 3 is 2.67 bits per heavy atom. The molecule has 0 spiro atoms. The van der Waals surface area contributed by atoms with Crippen molar-refractivity contribution in [1.82, 2.24) is 9.63 Å². The molecule has 0 bridgehead atoms. The standard InChI is InChI=1S/C31H37N3O4S/c1-3-7-23(2)31(36)38-34-28-22-25(12-10-24(28)11-13-30(34)35)37-20-5-4-15-32-16-18-33(19-17-32)27-8-6-9-29-26(27)14-21-39-29/h6,8-14,21-23H,3-5,7,15-20H2,1-2H3. The highest BCUT2D eigenvalue weighted by atomic mass is 32.1. The van der Waals surface area contributed by atoms with Gasteiger partial charge in [-0.15, -0.1) is 16.1 Å². The summed E-state index contributed by atoms with van der Waals surface area (Å²) in [7, 11) is 0. The zero-order valence-corrected chi connectivity index (χ0v) is 23.6. The van der Waals surface area contributed by atoms with Crippen LogP contribution in [0.3, 0.4) is 0 Å². The van der Waals surface area contributed by atoms with Crippen LogP contribution in [0.25, 0.3) is 21.0 Å². The molecule has 0 saturated carbocycles. The first-order valence-corrected chi connectivity index (χ1v) is 14.9. The maximum atomic E-state index is 12.5. The van der Waals surface area contributed by atoms with Gasteiger partial charge in [-0.05, 0) is 67.6 Å². The number of thiophene rings is 1. The van der Waals surface area contributed by atoms with E-state index in [1.165, 1.54) is 21.8 Å². The number of unbranched alkanes of at least 4 members (excludes halogenated alkanes) is 1. The summed E-state index contributed by atoms with van der Waals surface area (Å²) in [5.74, 6) is -0.00674. The van der Waals surface area contributed by atoms with Gasteiger partial charge in [-0.3, -0.25) is 9.69 Å². The van der Waals surface area contributed by atoms with Gasteiger partial charge in [0, 0.05) is 59.5 Å². The van der Waals surface area contributed by atoms with Gasteiger partial charge >= 0.3 is 5.97 Å².